The van der Waals surface area contributed by atoms with E-state index in [9.17, 15) is 9.59 Å². The Morgan fingerprint density at radius 1 is 1.03 bits per heavy atom. The molecule has 29 heavy (non-hydrogen) atoms. The van der Waals surface area contributed by atoms with Gasteiger partial charge in [-0.1, -0.05) is 13.8 Å². The van der Waals surface area contributed by atoms with Gasteiger partial charge in [-0.25, -0.2) is 0 Å². The lowest BCUT2D eigenvalue weighted by Crippen LogP contribution is -2.49. The molecule has 1 unspecified atom stereocenters. The van der Waals surface area contributed by atoms with E-state index in [1.54, 1.807) is 0 Å². The molecule has 0 aromatic heterocycles. The quantitative estimate of drug-likeness (QED) is 0.748. The number of anilines is 2. The van der Waals surface area contributed by atoms with Crippen LogP contribution in [0.1, 0.15) is 65.2 Å². The number of piperidine rings is 2. The van der Waals surface area contributed by atoms with Gasteiger partial charge in [0.25, 0.3) is 0 Å². The number of amides is 2. The molecule has 0 bridgehead atoms. The zero-order valence-electron chi connectivity index (χ0n) is 18.0. The molecule has 158 valence electrons. The molecular weight excluding hydrogens is 362 g/mol. The zero-order chi connectivity index (χ0) is 20.4. The number of hydrogen-bond acceptors (Lipinski definition) is 3. The third kappa shape index (κ3) is 4.15. The van der Waals surface area contributed by atoms with E-state index >= 15 is 0 Å². The van der Waals surface area contributed by atoms with E-state index in [4.69, 9.17) is 0 Å². The summed E-state index contributed by atoms with van der Waals surface area (Å²) in [4.78, 5) is 30.7. The summed E-state index contributed by atoms with van der Waals surface area (Å²) < 4.78 is 0. The van der Waals surface area contributed by atoms with Crippen molar-refractivity contribution in [2.45, 2.75) is 71.3 Å². The number of nitrogens with one attached hydrogen (secondary N) is 1. The molecular formula is C24H35N3O2. The van der Waals surface area contributed by atoms with Gasteiger partial charge in [0.15, 0.2) is 0 Å². The predicted octanol–water partition coefficient (Wildman–Crippen LogP) is 4.43. The molecule has 1 aromatic rings. The summed E-state index contributed by atoms with van der Waals surface area (Å²) in [6, 6.07) is 8.42. The lowest BCUT2D eigenvalue weighted by atomic mass is 9.95. The van der Waals surface area contributed by atoms with Crippen molar-refractivity contribution >= 4 is 23.2 Å². The average Bonchev–Trinajstić information content (AvgIpc) is 3.56. The van der Waals surface area contributed by atoms with Crippen molar-refractivity contribution in [2.24, 2.45) is 11.3 Å². The van der Waals surface area contributed by atoms with Crippen molar-refractivity contribution in [2.75, 3.05) is 29.9 Å². The highest BCUT2D eigenvalue weighted by Gasteiger charge is 2.58. The summed E-state index contributed by atoms with van der Waals surface area (Å²) in [5.74, 6) is 0.743. The number of carbonyl (C=O) groups excluding carboxylic acids is 2. The normalized spacial score (nSPS) is 24.3. The lowest BCUT2D eigenvalue weighted by molar-refractivity contribution is -0.145. The van der Waals surface area contributed by atoms with E-state index in [1.165, 1.54) is 24.9 Å². The van der Waals surface area contributed by atoms with Crippen LogP contribution < -0.4 is 10.2 Å². The van der Waals surface area contributed by atoms with E-state index in [-0.39, 0.29) is 11.8 Å². The van der Waals surface area contributed by atoms with Crippen LogP contribution in [0.4, 0.5) is 11.4 Å². The Labute approximate surface area is 174 Å². The molecule has 2 aliphatic heterocycles. The second-order valence-corrected chi connectivity index (χ2v) is 9.31. The topological polar surface area (TPSA) is 52.7 Å². The number of rotatable bonds is 5. The highest BCUT2D eigenvalue weighted by Crippen LogP contribution is 2.49. The molecule has 1 N–H and O–H groups in total. The first-order chi connectivity index (χ1) is 14.0. The van der Waals surface area contributed by atoms with Gasteiger partial charge in [-0.3, -0.25) is 9.59 Å². The monoisotopic (exact) mass is 397 g/mol. The summed E-state index contributed by atoms with van der Waals surface area (Å²) in [7, 11) is 0. The first-order valence-electron chi connectivity index (χ1n) is 11.5. The van der Waals surface area contributed by atoms with Crippen LogP contribution in [-0.2, 0) is 9.59 Å². The van der Waals surface area contributed by atoms with Crippen LogP contribution in [0.15, 0.2) is 24.3 Å². The Morgan fingerprint density at radius 3 is 2.34 bits per heavy atom. The van der Waals surface area contributed by atoms with Gasteiger partial charge >= 0.3 is 0 Å². The van der Waals surface area contributed by atoms with Gasteiger partial charge in [0, 0.05) is 37.1 Å². The molecule has 0 radical (unpaired) electrons. The van der Waals surface area contributed by atoms with Crippen LogP contribution in [-0.4, -0.2) is 42.4 Å². The van der Waals surface area contributed by atoms with E-state index in [2.05, 4.69) is 36.2 Å². The van der Waals surface area contributed by atoms with Crippen LogP contribution >= 0.6 is 0 Å². The number of likely N-dealkylation sites (tertiary alicyclic amines) is 1. The third-order valence-corrected chi connectivity index (χ3v) is 7.23. The van der Waals surface area contributed by atoms with Crippen LogP contribution in [0.25, 0.3) is 0 Å². The van der Waals surface area contributed by atoms with Gasteiger partial charge in [-0.15, -0.1) is 0 Å². The zero-order valence-corrected chi connectivity index (χ0v) is 18.0. The van der Waals surface area contributed by atoms with Gasteiger partial charge < -0.3 is 15.1 Å². The van der Waals surface area contributed by atoms with Crippen molar-refractivity contribution in [3.63, 3.8) is 0 Å². The Morgan fingerprint density at radius 2 is 1.72 bits per heavy atom. The number of hydrogen-bond donors (Lipinski definition) is 1. The Hall–Kier alpha value is -2.04. The molecule has 1 aromatic carbocycles. The molecule has 2 saturated heterocycles. The summed E-state index contributed by atoms with van der Waals surface area (Å²) >= 11 is 0. The molecule has 4 rings (SSSR count). The molecule has 3 fully saturated rings. The minimum atomic E-state index is -0.827. The summed E-state index contributed by atoms with van der Waals surface area (Å²) in [5, 5.41) is 3.03. The predicted molar refractivity (Wildman–Crippen MR) is 117 cm³/mol. The molecule has 1 saturated carbocycles. The summed E-state index contributed by atoms with van der Waals surface area (Å²) in [6.07, 6.45) is 8.09. The van der Waals surface area contributed by atoms with Crippen LogP contribution in [0, 0.1) is 11.3 Å². The third-order valence-electron chi connectivity index (χ3n) is 7.23. The fraction of sp³-hybridized carbons (Fsp3) is 0.667. The molecule has 5 heteroatoms. The first kappa shape index (κ1) is 20.2. The first-order valence-corrected chi connectivity index (χ1v) is 11.5. The average molecular weight is 398 g/mol. The maximum atomic E-state index is 13.2. The van der Waals surface area contributed by atoms with Crippen LogP contribution in [0.3, 0.4) is 0 Å². The number of nitrogens with zero attached hydrogens (tertiary/aromatic N) is 2. The van der Waals surface area contributed by atoms with Crippen LogP contribution in [0.5, 0.6) is 0 Å². The second kappa shape index (κ2) is 8.37. The maximum Gasteiger partial charge on any atom is 0.240 e. The van der Waals surface area contributed by atoms with Crippen molar-refractivity contribution in [3.8, 4) is 0 Å². The summed E-state index contributed by atoms with van der Waals surface area (Å²) in [5.41, 5.74) is 1.17. The van der Waals surface area contributed by atoms with E-state index in [0.29, 0.717) is 18.9 Å². The SMILES string of the molecule is CCC1CCCCN1C(=O)C1(C(=O)Nc2ccc(N3CCC(C)CC3)cc2)CC1. The fourth-order valence-corrected chi connectivity index (χ4v) is 4.90. The Kier molecular flexibility index (Phi) is 5.84. The van der Waals surface area contributed by atoms with E-state index in [0.717, 1.165) is 50.5 Å². The van der Waals surface area contributed by atoms with Gasteiger partial charge in [-0.05, 0) is 81.5 Å². The number of benzene rings is 1. The van der Waals surface area contributed by atoms with Gasteiger partial charge in [-0.2, -0.15) is 0 Å². The standard InChI is InChI=1S/C24H35N3O2/c1-3-20-6-4-5-15-27(20)23(29)24(13-14-24)22(28)25-19-7-9-21(10-8-19)26-16-11-18(2)12-17-26/h7-10,18,20H,3-6,11-17H2,1-2H3,(H,25,28). The summed E-state index contributed by atoms with van der Waals surface area (Å²) in [6.45, 7) is 7.45. The molecule has 0 spiro atoms. The molecule has 2 amide bonds. The highest BCUT2D eigenvalue weighted by atomic mass is 16.2. The van der Waals surface area contributed by atoms with Crippen molar-refractivity contribution in [1.29, 1.82) is 0 Å². The van der Waals surface area contributed by atoms with Gasteiger partial charge in [0.2, 0.25) is 11.8 Å². The fourth-order valence-electron chi connectivity index (χ4n) is 4.90. The lowest BCUT2D eigenvalue weighted by Gasteiger charge is -2.37. The van der Waals surface area contributed by atoms with Crippen molar-refractivity contribution in [3.05, 3.63) is 24.3 Å². The van der Waals surface area contributed by atoms with Gasteiger partial charge in [0.1, 0.15) is 5.41 Å². The smallest absolute Gasteiger partial charge is 0.240 e. The maximum absolute atomic E-state index is 13.2. The Balaban J connectivity index is 1.39. The molecule has 5 nitrogen and oxygen atoms in total. The minimum Gasteiger partial charge on any atom is -0.372 e. The van der Waals surface area contributed by atoms with E-state index in [1.807, 2.05) is 17.0 Å². The molecule has 1 aliphatic carbocycles. The van der Waals surface area contributed by atoms with E-state index < -0.39 is 5.41 Å². The number of carbonyl (C=O) groups is 2. The minimum absolute atomic E-state index is 0.0561. The Bertz CT molecular complexity index is 733. The molecule has 3 aliphatic rings. The van der Waals surface area contributed by atoms with Crippen molar-refractivity contribution < 1.29 is 9.59 Å². The van der Waals surface area contributed by atoms with Crippen molar-refractivity contribution in [1.82, 2.24) is 4.90 Å². The van der Waals surface area contributed by atoms with Crippen LogP contribution in [0.2, 0.25) is 0 Å². The largest absolute Gasteiger partial charge is 0.372 e. The second-order valence-electron chi connectivity index (χ2n) is 9.31. The molecule has 1 atom stereocenters. The highest BCUT2D eigenvalue weighted by molar-refractivity contribution is 6.13. The van der Waals surface area contributed by atoms with Gasteiger partial charge in [0.05, 0.1) is 0 Å². The molecule has 2 heterocycles.